The Balaban J connectivity index is 0. The first-order chi connectivity index (χ1) is 7.54. The van der Waals surface area contributed by atoms with Gasteiger partial charge in [-0.25, -0.2) is 4.79 Å². The number of carboxylic acid groups (broad SMARTS) is 1. The van der Waals surface area contributed by atoms with Crippen LogP contribution in [0.5, 0.6) is 0 Å². The molecule has 0 aliphatic rings. The Morgan fingerprint density at radius 3 is 2.25 bits per heavy atom. The molecule has 0 fully saturated rings. The number of unbranched alkanes of at least 4 members (excludes halogenated alkanes) is 2. The molecule has 16 heavy (non-hydrogen) atoms. The smallest absolute Gasteiger partial charge is 0.328 e. The molecule has 4 nitrogen and oxygen atoms in total. The molecule has 0 aliphatic carbocycles. The van der Waals surface area contributed by atoms with Gasteiger partial charge in [-0.3, -0.25) is 0 Å². The van der Waals surface area contributed by atoms with E-state index in [2.05, 4.69) is 6.92 Å². The monoisotopic (exact) mass is 230 g/mol. The van der Waals surface area contributed by atoms with Crippen LogP contribution in [0.15, 0.2) is 24.3 Å². The predicted molar refractivity (Wildman–Crippen MR) is 64.0 cm³/mol. The Bertz CT molecular complexity index is 207. The SMILES string of the molecule is C/C=C/C=C/C(=O)O.CCCCCC(O)O. The number of aliphatic carboxylic acids is 1. The third-order valence-corrected chi connectivity index (χ3v) is 1.61. The van der Waals surface area contributed by atoms with Crippen molar-refractivity contribution in [3.8, 4) is 0 Å². The average molecular weight is 230 g/mol. The molecule has 0 heterocycles. The van der Waals surface area contributed by atoms with E-state index in [1.165, 1.54) is 6.08 Å². The summed E-state index contributed by atoms with van der Waals surface area (Å²) in [6, 6.07) is 0. The van der Waals surface area contributed by atoms with Crippen LogP contribution in [0.25, 0.3) is 0 Å². The van der Waals surface area contributed by atoms with Crippen molar-refractivity contribution in [2.75, 3.05) is 0 Å². The summed E-state index contributed by atoms with van der Waals surface area (Å²) in [6.07, 6.45) is 8.56. The van der Waals surface area contributed by atoms with Crippen LogP contribution in [0.3, 0.4) is 0 Å². The Morgan fingerprint density at radius 2 is 1.88 bits per heavy atom. The van der Waals surface area contributed by atoms with E-state index < -0.39 is 12.3 Å². The summed E-state index contributed by atoms with van der Waals surface area (Å²) < 4.78 is 0. The standard InChI is InChI=1S/C6H14O2.C6H8O2/c2*1-2-3-4-5-6(7)8/h6-8H,2-5H2,1H3;2-5H,1H3,(H,7,8)/b;3-2+,5-4+. The van der Waals surface area contributed by atoms with Gasteiger partial charge >= 0.3 is 5.97 Å². The molecule has 0 radical (unpaired) electrons. The van der Waals surface area contributed by atoms with Gasteiger partial charge in [0.2, 0.25) is 0 Å². The molecule has 0 aromatic heterocycles. The van der Waals surface area contributed by atoms with Crippen molar-refractivity contribution in [3.63, 3.8) is 0 Å². The number of rotatable bonds is 6. The lowest BCUT2D eigenvalue weighted by molar-refractivity contribution is -0.131. The summed E-state index contributed by atoms with van der Waals surface area (Å²) in [5, 5.41) is 24.7. The topological polar surface area (TPSA) is 77.8 Å². The first-order valence-corrected chi connectivity index (χ1v) is 5.43. The first-order valence-electron chi connectivity index (χ1n) is 5.43. The summed E-state index contributed by atoms with van der Waals surface area (Å²) in [7, 11) is 0. The molecule has 0 saturated heterocycles. The minimum Gasteiger partial charge on any atom is -0.478 e. The third-order valence-electron chi connectivity index (χ3n) is 1.61. The fourth-order valence-corrected chi connectivity index (χ4v) is 0.826. The third kappa shape index (κ3) is 23.0. The highest BCUT2D eigenvalue weighted by Gasteiger charge is 1.93. The normalized spacial score (nSPS) is 10.8. The number of allylic oxidation sites excluding steroid dienone is 3. The van der Waals surface area contributed by atoms with E-state index in [1.807, 2.05) is 6.92 Å². The quantitative estimate of drug-likeness (QED) is 0.282. The lowest BCUT2D eigenvalue weighted by Crippen LogP contribution is -2.02. The largest absolute Gasteiger partial charge is 0.478 e. The van der Waals surface area contributed by atoms with Gasteiger partial charge in [0.05, 0.1) is 0 Å². The Morgan fingerprint density at radius 1 is 1.25 bits per heavy atom. The van der Waals surface area contributed by atoms with E-state index in [-0.39, 0.29) is 0 Å². The maximum Gasteiger partial charge on any atom is 0.328 e. The molecule has 94 valence electrons. The van der Waals surface area contributed by atoms with Gasteiger partial charge in [0.25, 0.3) is 0 Å². The summed E-state index contributed by atoms with van der Waals surface area (Å²) in [4.78, 5) is 9.75. The number of hydrogen-bond acceptors (Lipinski definition) is 3. The maximum atomic E-state index is 9.75. The van der Waals surface area contributed by atoms with Crippen LogP contribution in [-0.4, -0.2) is 27.6 Å². The molecule has 0 saturated carbocycles. The molecule has 3 N–H and O–H groups in total. The highest BCUT2D eigenvalue weighted by atomic mass is 16.5. The van der Waals surface area contributed by atoms with Crippen LogP contribution in [0, 0.1) is 0 Å². The van der Waals surface area contributed by atoms with E-state index in [4.69, 9.17) is 15.3 Å². The summed E-state index contributed by atoms with van der Waals surface area (Å²) in [5.41, 5.74) is 0. The van der Waals surface area contributed by atoms with Crippen molar-refractivity contribution < 1.29 is 20.1 Å². The average Bonchev–Trinajstić information content (AvgIpc) is 2.18. The highest BCUT2D eigenvalue weighted by Crippen LogP contribution is 1.99. The second-order valence-electron chi connectivity index (χ2n) is 3.20. The molecule has 0 rings (SSSR count). The Labute approximate surface area is 96.9 Å². The zero-order valence-electron chi connectivity index (χ0n) is 9.97. The van der Waals surface area contributed by atoms with Gasteiger partial charge in [0.15, 0.2) is 6.29 Å². The van der Waals surface area contributed by atoms with Crippen molar-refractivity contribution in [2.24, 2.45) is 0 Å². The number of aliphatic hydroxyl groups is 2. The van der Waals surface area contributed by atoms with E-state index in [0.29, 0.717) is 6.42 Å². The zero-order chi connectivity index (χ0) is 12.8. The lowest BCUT2D eigenvalue weighted by Gasteiger charge is -1.99. The molecule has 0 atom stereocenters. The lowest BCUT2D eigenvalue weighted by atomic mass is 10.2. The fourth-order valence-electron chi connectivity index (χ4n) is 0.826. The van der Waals surface area contributed by atoms with Crippen molar-refractivity contribution >= 4 is 5.97 Å². The highest BCUT2D eigenvalue weighted by molar-refractivity contribution is 5.80. The maximum absolute atomic E-state index is 9.75. The minimum absolute atomic E-state index is 0.522. The Kier molecular flexibility index (Phi) is 15.0. The van der Waals surface area contributed by atoms with Gasteiger partial charge in [-0.15, -0.1) is 0 Å². The van der Waals surface area contributed by atoms with Crippen LogP contribution >= 0.6 is 0 Å². The van der Waals surface area contributed by atoms with E-state index in [9.17, 15) is 4.79 Å². The Hall–Kier alpha value is -1.13. The second-order valence-corrected chi connectivity index (χ2v) is 3.20. The molecule has 0 amide bonds. The molecular formula is C12H22O4. The minimum atomic E-state index is -1.10. The van der Waals surface area contributed by atoms with Gasteiger partial charge in [0.1, 0.15) is 0 Å². The van der Waals surface area contributed by atoms with Crippen LogP contribution < -0.4 is 0 Å². The summed E-state index contributed by atoms with van der Waals surface area (Å²) in [5.74, 6) is -0.914. The fraction of sp³-hybridized carbons (Fsp3) is 0.583. The van der Waals surface area contributed by atoms with Crippen molar-refractivity contribution in [1.29, 1.82) is 0 Å². The number of hydrogen-bond donors (Lipinski definition) is 3. The van der Waals surface area contributed by atoms with Crippen LogP contribution in [0.4, 0.5) is 0 Å². The molecule has 0 bridgehead atoms. The van der Waals surface area contributed by atoms with Crippen molar-refractivity contribution in [3.05, 3.63) is 24.3 Å². The number of carboxylic acids is 1. The van der Waals surface area contributed by atoms with Crippen LogP contribution in [-0.2, 0) is 4.79 Å². The predicted octanol–water partition coefficient (Wildman–Crippen LogP) is 2.08. The zero-order valence-corrected chi connectivity index (χ0v) is 9.97. The van der Waals surface area contributed by atoms with Crippen molar-refractivity contribution in [1.82, 2.24) is 0 Å². The molecule has 0 aliphatic heterocycles. The summed E-state index contributed by atoms with van der Waals surface area (Å²) in [6.45, 7) is 3.91. The van der Waals surface area contributed by atoms with Gasteiger partial charge in [-0.2, -0.15) is 0 Å². The second kappa shape index (κ2) is 13.9. The van der Waals surface area contributed by atoms with E-state index in [0.717, 1.165) is 25.3 Å². The van der Waals surface area contributed by atoms with Gasteiger partial charge in [0, 0.05) is 6.08 Å². The number of aliphatic hydroxyl groups excluding tert-OH is 1. The first kappa shape index (κ1) is 17.3. The molecule has 4 heteroatoms. The van der Waals surface area contributed by atoms with E-state index in [1.54, 1.807) is 12.2 Å². The van der Waals surface area contributed by atoms with Crippen LogP contribution in [0.1, 0.15) is 39.5 Å². The molecular weight excluding hydrogens is 208 g/mol. The van der Waals surface area contributed by atoms with Gasteiger partial charge in [-0.05, 0) is 19.8 Å². The molecule has 0 spiro atoms. The number of carbonyl (C=O) groups is 1. The van der Waals surface area contributed by atoms with E-state index >= 15 is 0 Å². The van der Waals surface area contributed by atoms with Crippen LogP contribution in [0.2, 0.25) is 0 Å². The van der Waals surface area contributed by atoms with Gasteiger partial charge in [-0.1, -0.05) is 38.0 Å². The summed E-state index contributed by atoms with van der Waals surface area (Å²) >= 11 is 0. The van der Waals surface area contributed by atoms with Gasteiger partial charge < -0.3 is 15.3 Å². The molecule has 0 unspecified atom stereocenters. The molecule has 0 aromatic rings. The molecule has 0 aromatic carbocycles. The van der Waals surface area contributed by atoms with Crippen molar-refractivity contribution in [2.45, 2.75) is 45.8 Å².